The van der Waals surface area contributed by atoms with E-state index < -0.39 is 15.8 Å². The summed E-state index contributed by atoms with van der Waals surface area (Å²) < 4.78 is 26.1. The summed E-state index contributed by atoms with van der Waals surface area (Å²) in [5.74, 6) is -1.61. The number of carboxylic acids is 1. The summed E-state index contributed by atoms with van der Waals surface area (Å²) in [6.07, 6.45) is 0. The van der Waals surface area contributed by atoms with Gasteiger partial charge in [0.1, 0.15) is 4.88 Å². The summed E-state index contributed by atoms with van der Waals surface area (Å²) in [5.41, 5.74) is 1.53. The van der Waals surface area contributed by atoms with Crippen LogP contribution in [-0.2, 0) is 15.6 Å². The monoisotopic (exact) mass is 434 g/mol. The maximum absolute atomic E-state index is 13.0. The third kappa shape index (κ3) is 3.94. The Bertz CT molecular complexity index is 1160. The average Bonchev–Trinajstić information content (AvgIpc) is 3.20. The molecule has 0 saturated heterocycles. The van der Waals surface area contributed by atoms with E-state index in [9.17, 15) is 23.1 Å². The summed E-state index contributed by atoms with van der Waals surface area (Å²) in [6.45, 7) is 4.92. The number of Topliss-reactive ketones (excluding diaryl/α,β-unsaturated/α-hetero) is 1. The summed E-state index contributed by atoms with van der Waals surface area (Å²) in [7, 11) is -3.72. The zero-order valence-electron chi connectivity index (χ0n) is 15.5. The topological polar surface area (TPSA) is 88.5 Å². The van der Waals surface area contributed by atoms with Gasteiger partial charge in [0.2, 0.25) is 0 Å². The van der Waals surface area contributed by atoms with Gasteiger partial charge >= 0.3 is 5.97 Å². The van der Waals surface area contributed by atoms with E-state index in [1.54, 1.807) is 50.2 Å². The van der Waals surface area contributed by atoms with Gasteiger partial charge in [-0.15, -0.1) is 22.7 Å². The lowest BCUT2D eigenvalue weighted by molar-refractivity contribution is 0.0701. The second-order valence-electron chi connectivity index (χ2n) is 6.47. The maximum Gasteiger partial charge on any atom is 0.346 e. The molecule has 0 saturated carbocycles. The largest absolute Gasteiger partial charge is 0.477 e. The van der Waals surface area contributed by atoms with Gasteiger partial charge in [0, 0.05) is 9.75 Å². The molecule has 0 unspecified atom stereocenters. The third-order valence-corrected chi connectivity index (χ3v) is 8.77. The number of carbonyl (C=O) groups excluding carboxylic acids is 1. The van der Waals surface area contributed by atoms with Gasteiger partial charge in [-0.3, -0.25) is 4.79 Å². The molecule has 8 heteroatoms. The molecule has 0 spiro atoms. The van der Waals surface area contributed by atoms with Crippen molar-refractivity contribution in [1.82, 2.24) is 0 Å². The van der Waals surface area contributed by atoms with E-state index in [0.717, 1.165) is 16.2 Å². The van der Waals surface area contributed by atoms with E-state index in [1.165, 1.54) is 18.3 Å². The minimum atomic E-state index is -3.72. The summed E-state index contributed by atoms with van der Waals surface area (Å²) in [5, 5.41) is 9.56. The van der Waals surface area contributed by atoms with Gasteiger partial charge in [-0.05, 0) is 55.7 Å². The van der Waals surface area contributed by atoms with Crippen LogP contribution in [0.2, 0.25) is 0 Å². The van der Waals surface area contributed by atoms with Crippen molar-refractivity contribution in [3.8, 4) is 9.75 Å². The number of sulfone groups is 1. The van der Waals surface area contributed by atoms with Crippen LogP contribution in [0.4, 0.5) is 0 Å². The number of ketones is 1. The first-order valence-electron chi connectivity index (χ1n) is 8.36. The van der Waals surface area contributed by atoms with Crippen molar-refractivity contribution in [2.75, 3.05) is 0 Å². The second-order valence-corrected chi connectivity index (χ2v) is 10.5. The van der Waals surface area contributed by atoms with Crippen LogP contribution in [0, 0.1) is 13.8 Å². The Morgan fingerprint density at radius 2 is 1.64 bits per heavy atom. The van der Waals surface area contributed by atoms with Crippen LogP contribution in [-0.4, -0.2) is 25.3 Å². The second kappa shape index (κ2) is 7.62. The molecule has 1 N–H and O–H groups in total. The van der Waals surface area contributed by atoms with Crippen LogP contribution >= 0.6 is 22.7 Å². The van der Waals surface area contributed by atoms with Gasteiger partial charge in [-0.1, -0.05) is 18.2 Å². The fourth-order valence-corrected chi connectivity index (χ4v) is 7.06. The van der Waals surface area contributed by atoms with Crippen molar-refractivity contribution < 1.29 is 23.1 Å². The number of rotatable bonds is 6. The molecule has 2 aromatic heterocycles. The number of carboxylic acid groups (broad SMARTS) is 1. The number of aromatic carboxylic acids is 1. The lowest BCUT2D eigenvalue weighted by Crippen LogP contribution is -2.10. The summed E-state index contributed by atoms with van der Waals surface area (Å²) in [6, 6.07) is 10.3. The molecule has 0 amide bonds. The quantitative estimate of drug-likeness (QED) is 0.554. The zero-order chi connectivity index (χ0) is 20.6. The van der Waals surface area contributed by atoms with Crippen LogP contribution in [0.3, 0.4) is 0 Å². The fourth-order valence-electron chi connectivity index (χ4n) is 3.06. The van der Waals surface area contributed by atoms with Crippen LogP contribution in [0.5, 0.6) is 0 Å². The van der Waals surface area contributed by atoms with Gasteiger partial charge in [-0.2, -0.15) is 0 Å². The van der Waals surface area contributed by atoms with E-state index >= 15 is 0 Å². The number of hydrogen-bond donors (Lipinski definition) is 1. The normalized spacial score (nSPS) is 11.5. The lowest BCUT2D eigenvalue weighted by Gasteiger charge is -2.10. The highest BCUT2D eigenvalue weighted by Gasteiger charge is 2.25. The van der Waals surface area contributed by atoms with Gasteiger partial charge in [0.25, 0.3) is 0 Å². The first kappa shape index (κ1) is 20.4. The van der Waals surface area contributed by atoms with E-state index in [2.05, 4.69) is 0 Å². The predicted molar refractivity (Wildman–Crippen MR) is 111 cm³/mol. The van der Waals surface area contributed by atoms with E-state index in [0.29, 0.717) is 20.9 Å². The molecule has 0 aliphatic heterocycles. The molecule has 0 bridgehead atoms. The maximum atomic E-state index is 13.0. The molecule has 5 nitrogen and oxygen atoms in total. The Kier molecular flexibility index (Phi) is 5.56. The minimum absolute atomic E-state index is 0.00240. The number of carbonyl (C=O) groups is 2. The zero-order valence-corrected chi connectivity index (χ0v) is 17.9. The van der Waals surface area contributed by atoms with E-state index in [-0.39, 0.29) is 26.9 Å². The Labute approximate surface area is 171 Å². The number of aryl methyl sites for hydroxylation is 2. The Hall–Kier alpha value is -2.29. The van der Waals surface area contributed by atoms with Crippen molar-refractivity contribution in [1.29, 1.82) is 0 Å². The van der Waals surface area contributed by atoms with Gasteiger partial charge in [0.05, 0.1) is 15.5 Å². The first-order chi connectivity index (χ1) is 13.1. The highest BCUT2D eigenvalue weighted by Crippen LogP contribution is 2.37. The number of benzene rings is 1. The van der Waals surface area contributed by atoms with Crippen molar-refractivity contribution in [3.05, 3.63) is 62.8 Å². The van der Waals surface area contributed by atoms with Crippen molar-refractivity contribution in [2.24, 2.45) is 0 Å². The molecule has 3 aromatic rings. The highest BCUT2D eigenvalue weighted by atomic mass is 32.2. The number of hydrogen-bond acceptors (Lipinski definition) is 6. The van der Waals surface area contributed by atoms with Crippen LogP contribution in [0.25, 0.3) is 9.75 Å². The van der Waals surface area contributed by atoms with Crippen molar-refractivity contribution in [2.45, 2.75) is 31.4 Å². The standard InChI is InChI=1S/C20H18O5S3/c1-11-5-4-6-12(2)19(11)28(24,25)10-14-9-17(27-18(14)20(22)23)16-8-7-15(26-16)13(3)21/h4-9H,10H2,1-3H3,(H,22,23). The Morgan fingerprint density at radius 3 is 2.18 bits per heavy atom. The van der Waals surface area contributed by atoms with Crippen LogP contribution < -0.4 is 0 Å². The predicted octanol–water partition coefficient (Wildman–Crippen LogP) is 4.97. The van der Waals surface area contributed by atoms with Crippen molar-refractivity contribution >= 4 is 44.3 Å². The summed E-state index contributed by atoms with van der Waals surface area (Å²) in [4.78, 5) is 25.4. The Balaban J connectivity index is 2.05. The molecule has 3 rings (SSSR count). The molecule has 0 atom stereocenters. The molecule has 0 aliphatic carbocycles. The molecular formula is C20H18O5S3. The average molecular weight is 435 g/mol. The van der Waals surface area contributed by atoms with Crippen molar-refractivity contribution in [3.63, 3.8) is 0 Å². The van der Waals surface area contributed by atoms with Crippen LogP contribution in [0.15, 0.2) is 41.3 Å². The van der Waals surface area contributed by atoms with E-state index in [4.69, 9.17) is 0 Å². The molecule has 0 fully saturated rings. The molecule has 0 radical (unpaired) electrons. The minimum Gasteiger partial charge on any atom is -0.477 e. The molecule has 28 heavy (non-hydrogen) atoms. The van der Waals surface area contributed by atoms with Crippen LogP contribution in [0.1, 0.15) is 43.0 Å². The molecular weight excluding hydrogens is 416 g/mol. The molecule has 0 aliphatic rings. The molecule has 1 aromatic carbocycles. The molecule has 2 heterocycles. The highest BCUT2D eigenvalue weighted by molar-refractivity contribution is 7.90. The van der Waals surface area contributed by atoms with E-state index in [1.807, 2.05) is 0 Å². The fraction of sp³-hybridized carbons (Fsp3) is 0.200. The van der Waals surface area contributed by atoms with Gasteiger partial charge in [-0.25, -0.2) is 13.2 Å². The molecule has 146 valence electrons. The first-order valence-corrected chi connectivity index (χ1v) is 11.6. The van der Waals surface area contributed by atoms with Gasteiger partial charge < -0.3 is 5.11 Å². The number of thiophene rings is 2. The Morgan fingerprint density at radius 1 is 1.00 bits per heavy atom. The smallest absolute Gasteiger partial charge is 0.346 e. The third-order valence-electron chi connectivity index (χ3n) is 4.26. The van der Waals surface area contributed by atoms with Gasteiger partial charge in [0.15, 0.2) is 15.6 Å². The lowest BCUT2D eigenvalue weighted by atomic mass is 10.2. The summed E-state index contributed by atoms with van der Waals surface area (Å²) >= 11 is 2.29. The SMILES string of the molecule is CC(=O)c1ccc(-c2cc(CS(=O)(=O)c3c(C)cccc3C)c(C(=O)O)s2)s1.